The fraction of sp³-hybridized carbons (Fsp3) is 0.667. The monoisotopic (exact) mass is 209 g/mol. The van der Waals surface area contributed by atoms with Gasteiger partial charge in [-0.05, 0) is 6.42 Å². The first kappa shape index (κ1) is 12.1. The first-order chi connectivity index (χ1) is 5.87. The molecule has 0 saturated carbocycles. The number of carboxylic acid groups (broad SMARTS) is 1. The van der Waals surface area contributed by atoms with E-state index in [0.29, 0.717) is 0 Å². The number of carboxylic acids is 1. The van der Waals surface area contributed by atoms with E-state index < -0.39 is 19.4 Å². The van der Waals surface area contributed by atoms with Crippen LogP contribution in [-0.4, -0.2) is 41.2 Å². The molecule has 3 N–H and O–H groups in total. The second-order valence-corrected chi connectivity index (χ2v) is 5.29. The van der Waals surface area contributed by atoms with Crippen LogP contribution in [0.3, 0.4) is 0 Å². The summed E-state index contributed by atoms with van der Waals surface area (Å²) in [4.78, 5) is 29.2. The van der Waals surface area contributed by atoms with E-state index in [4.69, 9.17) is 10.00 Å². The molecule has 13 heavy (non-hydrogen) atoms. The average Bonchev–Trinajstić information content (AvgIpc) is 1.95. The quantitative estimate of drug-likeness (QED) is 0.403. The van der Waals surface area contributed by atoms with Crippen molar-refractivity contribution in [3.63, 3.8) is 0 Å². The van der Waals surface area contributed by atoms with Gasteiger partial charge in [-0.15, -0.1) is 0 Å². The van der Waals surface area contributed by atoms with Crippen molar-refractivity contribution in [3.05, 3.63) is 0 Å². The van der Waals surface area contributed by atoms with Crippen LogP contribution in [0.25, 0.3) is 0 Å². The Morgan fingerprint density at radius 1 is 1.69 bits per heavy atom. The lowest BCUT2D eigenvalue weighted by Gasteiger charge is -2.11. The lowest BCUT2D eigenvalue weighted by Crippen LogP contribution is -2.36. The fourth-order valence-electron chi connectivity index (χ4n) is 0.729. The number of amides is 1. The molecule has 0 bridgehead atoms. The number of carbonyl (C=O) groups excluding carboxylic acids is 1. The molecular weight excluding hydrogens is 197 g/mol. The molecule has 0 heterocycles. The fourth-order valence-corrected chi connectivity index (χ4v) is 1.47. The second kappa shape index (κ2) is 4.99. The maximum absolute atomic E-state index is 10.8. The number of hydrogen-bond acceptors (Lipinski definition) is 3. The van der Waals surface area contributed by atoms with E-state index in [1.54, 1.807) is 0 Å². The van der Waals surface area contributed by atoms with Gasteiger partial charge in [0.2, 0.25) is 6.41 Å². The van der Waals surface area contributed by atoms with E-state index in [9.17, 15) is 14.2 Å². The lowest BCUT2D eigenvalue weighted by atomic mass is 10.2. The van der Waals surface area contributed by atoms with Gasteiger partial charge >= 0.3 is 5.97 Å². The van der Waals surface area contributed by atoms with Crippen molar-refractivity contribution in [2.45, 2.75) is 12.5 Å². The smallest absolute Gasteiger partial charge is 0.326 e. The molecule has 2 atom stereocenters. The Labute approximate surface area is 75.4 Å². The highest BCUT2D eigenvalue weighted by molar-refractivity contribution is 7.57. The minimum absolute atomic E-state index is 0.0433. The minimum Gasteiger partial charge on any atom is -0.480 e. The Kier molecular flexibility index (Phi) is 4.66. The average molecular weight is 209 g/mol. The summed E-state index contributed by atoms with van der Waals surface area (Å²) in [7, 11) is -3.20. The molecule has 0 aliphatic carbocycles. The number of aliphatic carboxylic acids is 1. The highest BCUT2D eigenvalue weighted by atomic mass is 31.2. The first-order valence-electron chi connectivity index (χ1n) is 3.58. The van der Waals surface area contributed by atoms with E-state index in [1.807, 2.05) is 5.32 Å². The molecule has 0 aromatic heterocycles. The SMILES string of the molecule is CP(=O)(O)CCC(NC=O)C(=O)O. The Hall–Kier alpha value is -0.870. The number of carbonyl (C=O) groups is 2. The number of nitrogens with one attached hydrogen (secondary N) is 1. The highest BCUT2D eigenvalue weighted by Gasteiger charge is 2.20. The van der Waals surface area contributed by atoms with E-state index >= 15 is 0 Å². The van der Waals surface area contributed by atoms with Gasteiger partial charge in [0.1, 0.15) is 6.04 Å². The maximum Gasteiger partial charge on any atom is 0.326 e. The molecule has 0 fully saturated rings. The Bertz CT molecular complexity index is 235. The summed E-state index contributed by atoms with van der Waals surface area (Å²) in [5.74, 6) is -1.21. The van der Waals surface area contributed by atoms with Crippen LogP contribution in [0.2, 0.25) is 0 Å². The molecule has 0 radical (unpaired) electrons. The summed E-state index contributed by atoms with van der Waals surface area (Å²) < 4.78 is 10.8. The molecule has 7 heteroatoms. The molecule has 1 amide bonds. The highest BCUT2D eigenvalue weighted by Crippen LogP contribution is 2.35. The Morgan fingerprint density at radius 2 is 2.23 bits per heavy atom. The van der Waals surface area contributed by atoms with Crippen molar-refractivity contribution in [1.82, 2.24) is 5.32 Å². The van der Waals surface area contributed by atoms with Crippen LogP contribution in [0.15, 0.2) is 0 Å². The number of hydrogen-bond donors (Lipinski definition) is 3. The zero-order valence-corrected chi connectivity index (χ0v) is 8.03. The summed E-state index contributed by atoms with van der Waals surface area (Å²) in [5, 5.41) is 10.6. The van der Waals surface area contributed by atoms with Gasteiger partial charge in [0.05, 0.1) is 0 Å². The van der Waals surface area contributed by atoms with Crippen LogP contribution in [0.4, 0.5) is 0 Å². The third-order valence-corrected chi connectivity index (χ3v) is 2.49. The largest absolute Gasteiger partial charge is 0.480 e. The third kappa shape index (κ3) is 6.31. The van der Waals surface area contributed by atoms with Crippen molar-refractivity contribution in [2.75, 3.05) is 12.8 Å². The van der Waals surface area contributed by atoms with Gasteiger partial charge in [0, 0.05) is 12.8 Å². The van der Waals surface area contributed by atoms with Crippen molar-refractivity contribution < 1.29 is 24.2 Å². The van der Waals surface area contributed by atoms with E-state index in [0.717, 1.165) is 6.66 Å². The van der Waals surface area contributed by atoms with Crippen LogP contribution in [0.1, 0.15) is 6.42 Å². The van der Waals surface area contributed by atoms with E-state index in [2.05, 4.69) is 0 Å². The van der Waals surface area contributed by atoms with Crippen molar-refractivity contribution in [1.29, 1.82) is 0 Å². The Morgan fingerprint density at radius 3 is 2.54 bits per heavy atom. The number of rotatable bonds is 6. The van der Waals surface area contributed by atoms with Gasteiger partial charge in [0.25, 0.3) is 0 Å². The molecule has 0 aromatic carbocycles. The van der Waals surface area contributed by atoms with Crippen molar-refractivity contribution in [3.8, 4) is 0 Å². The predicted octanol–water partition coefficient (Wildman–Crippen LogP) is -0.524. The summed E-state index contributed by atoms with van der Waals surface area (Å²) in [6.07, 6.45) is 0.0971. The van der Waals surface area contributed by atoms with Gasteiger partial charge in [-0.1, -0.05) is 0 Å². The first-order valence-corrected chi connectivity index (χ1v) is 5.88. The normalized spacial score (nSPS) is 17.1. The minimum atomic E-state index is -3.20. The van der Waals surface area contributed by atoms with Gasteiger partial charge in [-0.25, -0.2) is 4.79 Å². The molecule has 6 nitrogen and oxygen atoms in total. The second-order valence-electron chi connectivity index (χ2n) is 2.74. The predicted molar refractivity (Wildman–Crippen MR) is 45.9 cm³/mol. The standard InChI is InChI=1S/C6H12NO5P/c1-13(11,12)3-2-5(6(9)10)7-4-8/h4-5H,2-3H2,1H3,(H,7,8)(H,9,10)(H,11,12). The molecule has 0 aromatic rings. The van der Waals surface area contributed by atoms with Gasteiger partial charge in [-0.3, -0.25) is 9.36 Å². The van der Waals surface area contributed by atoms with Gasteiger partial charge < -0.3 is 15.3 Å². The zero-order valence-electron chi connectivity index (χ0n) is 7.14. The summed E-state index contributed by atoms with van der Waals surface area (Å²) in [5.41, 5.74) is 0. The van der Waals surface area contributed by atoms with Crippen LogP contribution in [0, 0.1) is 0 Å². The lowest BCUT2D eigenvalue weighted by molar-refractivity contribution is -0.140. The zero-order chi connectivity index (χ0) is 10.5. The summed E-state index contributed by atoms with van der Waals surface area (Å²) >= 11 is 0. The van der Waals surface area contributed by atoms with Crippen LogP contribution in [-0.2, 0) is 14.2 Å². The topological polar surface area (TPSA) is 104 Å². The molecule has 0 spiro atoms. The molecule has 76 valence electrons. The van der Waals surface area contributed by atoms with E-state index in [1.165, 1.54) is 0 Å². The van der Waals surface area contributed by atoms with Gasteiger partial charge in [0.15, 0.2) is 7.37 Å². The molecule has 2 unspecified atom stereocenters. The molecule has 0 aliphatic heterocycles. The molecule has 0 rings (SSSR count). The van der Waals surface area contributed by atoms with E-state index in [-0.39, 0.29) is 19.0 Å². The van der Waals surface area contributed by atoms with Crippen molar-refractivity contribution in [2.24, 2.45) is 0 Å². The van der Waals surface area contributed by atoms with Gasteiger partial charge in [-0.2, -0.15) is 0 Å². The maximum atomic E-state index is 10.8. The molecule has 0 saturated heterocycles. The third-order valence-electron chi connectivity index (χ3n) is 1.40. The summed E-state index contributed by atoms with van der Waals surface area (Å²) in [6, 6.07) is -1.09. The van der Waals surface area contributed by atoms with Crippen LogP contribution >= 0.6 is 7.37 Å². The molecule has 0 aliphatic rings. The Balaban J connectivity index is 4.04. The summed E-state index contributed by atoms with van der Waals surface area (Å²) in [6.45, 7) is 1.15. The van der Waals surface area contributed by atoms with Crippen LogP contribution in [0.5, 0.6) is 0 Å². The van der Waals surface area contributed by atoms with Crippen LogP contribution < -0.4 is 5.32 Å². The van der Waals surface area contributed by atoms with Crippen molar-refractivity contribution >= 4 is 19.7 Å². The molecular formula is C6H12NO5P.